The van der Waals surface area contributed by atoms with Crippen molar-refractivity contribution >= 4 is 0 Å². The summed E-state index contributed by atoms with van der Waals surface area (Å²) in [5, 5.41) is 3.30. The second-order valence-corrected chi connectivity index (χ2v) is 4.85. The minimum atomic E-state index is 0.412. The van der Waals surface area contributed by atoms with E-state index >= 15 is 0 Å². The highest BCUT2D eigenvalue weighted by Crippen LogP contribution is 2.22. The molecule has 0 saturated heterocycles. The van der Waals surface area contributed by atoms with Gasteiger partial charge in [-0.15, -0.1) is 0 Å². The first-order valence-electron chi connectivity index (χ1n) is 5.87. The normalized spacial score (nSPS) is 16.3. The first-order chi connectivity index (χ1) is 6.49. The highest BCUT2D eigenvalue weighted by Gasteiger charge is 2.24. The summed E-state index contributed by atoms with van der Waals surface area (Å²) in [6.45, 7) is 14.9. The van der Waals surface area contributed by atoms with Gasteiger partial charge in [-0.25, -0.2) is 0 Å². The van der Waals surface area contributed by atoms with E-state index in [0.29, 0.717) is 11.5 Å². The summed E-state index contributed by atoms with van der Waals surface area (Å²) in [4.78, 5) is 2.54. The molecule has 0 heterocycles. The third-order valence-electron chi connectivity index (χ3n) is 3.18. The number of nitrogens with one attached hydrogen (secondary N) is 1. The molecule has 0 aromatic carbocycles. The molecule has 1 atom stereocenters. The van der Waals surface area contributed by atoms with Crippen LogP contribution < -0.4 is 5.32 Å². The fraction of sp³-hybridized carbons (Fsp3) is 1.00. The van der Waals surface area contributed by atoms with E-state index in [4.69, 9.17) is 0 Å². The highest BCUT2D eigenvalue weighted by atomic mass is 15.1. The standard InChI is InChI=1S/C12H28N2/c1-7-12(5,9-13-6)10-14(8-2)11(3)4/h11,13H,7-10H2,1-6H3. The van der Waals surface area contributed by atoms with E-state index in [0.717, 1.165) is 13.1 Å². The Morgan fingerprint density at radius 3 is 2.14 bits per heavy atom. The Morgan fingerprint density at radius 2 is 1.86 bits per heavy atom. The highest BCUT2D eigenvalue weighted by molar-refractivity contribution is 4.80. The van der Waals surface area contributed by atoms with Gasteiger partial charge in [0.2, 0.25) is 0 Å². The number of rotatable bonds is 7. The van der Waals surface area contributed by atoms with Gasteiger partial charge in [-0.3, -0.25) is 0 Å². The van der Waals surface area contributed by atoms with Crippen LogP contribution in [0.3, 0.4) is 0 Å². The lowest BCUT2D eigenvalue weighted by molar-refractivity contribution is 0.134. The smallest absolute Gasteiger partial charge is 0.00500 e. The van der Waals surface area contributed by atoms with Crippen LogP contribution in [0.2, 0.25) is 0 Å². The van der Waals surface area contributed by atoms with Crippen molar-refractivity contribution in [3.8, 4) is 0 Å². The predicted octanol–water partition coefficient (Wildman–Crippen LogP) is 2.35. The molecule has 0 amide bonds. The Balaban J connectivity index is 4.26. The largest absolute Gasteiger partial charge is 0.319 e. The van der Waals surface area contributed by atoms with E-state index in [-0.39, 0.29) is 0 Å². The van der Waals surface area contributed by atoms with Crippen LogP contribution in [0.25, 0.3) is 0 Å². The second-order valence-electron chi connectivity index (χ2n) is 4.85. The number of hydrogen-bond acceptors (Lipinski definition) is 2. The zero-order valence-corrected chi connectivity index (χ0v) is 10.9. The molecular weight excluding hydrogens is 172 g/mol. The molecule has 86 valence electrons. The zero-order valence-electron chi connectivity index (χ0n) is 10.9. The average Bonchev–Trinajstić information content (AvgIpc) is 2.14. The van der Waals surface area contributed by atoms with Crippen molar-refractivity contribution in [1.29, 1.82) is 0 Å². The molecule has 0 aromatic rings. The maximum Gasteiger partial charge on any atom is 0.00500 e. The van der Waals surface area contributed by atoms with Crippen LogP contribution in [0.15, 0.2) is 0 Å². The van der Waals surface area contributed by atoms with Crippen molar-refractivity contribution in [1.82, 2.24) is 10.2 Å². The summed E-state index contributed by atoms with van der Waals surface area (Å²) in [6, 6.07) is 0.655. The predicted molar refractivity (Wildman–Crippen MR) is 64.7 cm³/mol. The molecule has 14 heavy (non-hydrogen) atoms. The molecule has 0 bridgehead atoms. The van der Waals surface area contributed by atoms with Crippen LogP contribution in [-0.4, -0.2) is 37.6 Å². The van der Waals surface area contributed by atoms with Crippen LogP contribution >= 0.6 is 0 Å². The first kappa shape index (κ1) is 13.9. The first-order valence-corrected chi connectivity index (χ1v) is 5.87. The van der Waals surface area contributed by atoms with E-state index in [1.807, 2.05) is 7.05 Å². The van der Waals surface area contributed by atoms with Gasteiger partial charge in [-0.05, 0) is 39.3 Å². The topological polar surface area (TPSA) is 15.3 Å². The molecule has 0 aliphatic heterocycles. The summed E-state index contributed by atoms with van der Waals surface area (Å²) in [6.07, 6.45) is 1.23. The van der Waals surface area contributed by atoms with Crippen molar-refractivity contribution in [3.05, 3.63) is 0 Å². The summed E-state index contributed by atoms with van der Waals surface area (Å²) in [5.41, 5.74) is 0.412. The van der Waals surface area contributed by atoms with Gasteiger partial charge in [0, 0.05) is 19.1 Å². The lowest BCUT2D eigenvalue weighted by atomic mass is 9.86. The molecular formula is C12H28N2. The summed E-state index contributed by atoms with van der Waals surface area (Å²) in [5.74, 6) is 0. The van der Waals surface area contributed by atoms with E-state index in [2.05, 4.69) is 44.8 Å². The van der Waals surface area contributed by atoms with Crippen LogP contribution in [-0.2, 0) is 0 Å². The van der Waals surface area contributed by atoms with Gasteiger partial charge in [0.05, 0.1) is 0 Å². The monoisotopic (exact) mass is 200 g/mol. The Hall–Kier alpha value is -0.0800. The molecule has 2 heteroatoms. The Morgan fingerprint density at radius 1 is 1.29 bits per heavy atom. The van der Waals surface area contributed by atoms with Gasteiger partial charge in [0.15, 0.2) is 0 Å². The Labute approximate surface area is 90.1 Å². The minimum absolute atomic E-state index is 0.412. The molecule has 0 rings (SSSR count). The number of nitrogens with zero attached hydrogens (tertiary/aromatic N) is 1. The maximum atomic E-state index is 3.30. The molecule has 0 aromatic heterocycles. The third kappa shape index (κ3) is 4.43. The summed E-state index contributed by atoms with van der Waals surface area (Å²) < 4.78 is 0. The fourth-order valence-electron chi connectivity index (χ4n) is 1.87. The fourth-order valence-corrected chi connectivity index (χ4v) is 1.87. The molecule has 0 radical (unpaired) electrons. The van der Waals surface area contributed by atoms with Gasteiger partial charge in [0.1, 0.15) is 0 Å². The average molecular weight is 200 g/mol. The quantitative estimate of drug-likeness (QED) is 0.678. The van der Waals surface area contributed by atoms with Gasteiger partial charge < -0.3 is 10.2 Å². The molecule has 0 spiro atoms. The van der Waals surface area contributed by atoms with Crippen molar-refractivity contribution in [3.63, 3.8) is 0 Å². The Bertz CT molecular complexity index is 145. The van der Waals surface area contributed by atoms with Crippen LogP contribution in [0.4, 0.5) is 0 Å². The van der Waals surface area contributed by atoms with E-state index in [9.17, 15) is 0 Å². The van der Waals surface area contributed by atoms with Crippen molar-refractivity contribution in [2.75, 3.05) is 26.7 Å². The number of hydrogen-bond donors (Lipinski definition) is 1. The SMILES string of the molecule is CCN(CC(C)(CC)CNC)C(C)C. The van der Waals surface area contributed by atoms with Gasteiger partial charge in [-0.1, -0.05) is 20.8 Å². The van der Waals surface area contributed by atoms with Crippen molar-refractivity contribution < 1.29 is 0 Å². The zero-order chi connectivity index (χ0) is 11.2. The third-order valence-corrected chi connectivity index (χ3v) is 3.18. The molecule has 2 nitrogen and oxygen atoms in total. The molecule has 0 aliphatic rings. The van der Waals surface area contributed by atoms with Crippen LogP contribution in [0, 0.1) is 5.41 Å². The van der Waals surface area contributed by atoms with Gasteiger partial charge in [0.25, 0.3) is 0 Å². The summed E-state index contributed by atoms with van der Waals surface area (Å²) >= 11 is 0. The van der Waals surface area contributed by atoms with Crippen LogP contribution in [0.1, 0.15) is 41.0 Å². The minimum Gasteiger partial charge on any atom is -0.319 e. The maximum absolute atomic E-state index is 3.30. The van der Waals surface area contributed by atoms with E-state index in [1.165, 1.54) is 13.0 Å². The molecule has 0 aliphatic carbocycles. The summed E-state index contributed by atoms with van der Waals surface area (Å²) in [7, 11) is 2.04. The molecule has 1 unspecified atom stereocenters. The van der Waals surface area contributed by atoms with Gasteiger partial charge >= 0.3 is 0 Å². The van der Waals surface area contributed by atoms with E-state index in [1.54, 1.807) is 0 Å². The van der Waals surface area contributed by atoms with Crippen molar-refractivity contribution in [2.45, 2.75) is 47.1 Å². The second kappa shape index (κ2) is 6.41. The molecule has 0 fully saturated rings. The molecule has 1 N–H and O–H groups in total. The van der Waals surface area contributed by atoms with Crippen molar-refractivity contribution in [2.24, 2.45) is 5.41 Å². The lowest BCUT2D eigenvalue weighted by Crippen LogP contribution is -2.43. The Kier molecular flexibility index (Phi) is 6.38. The van der Waals surface area contributed by atoms with E-state index < -0.39 is 0 Å². The molecule has 0 saturated carbocycles. The van der Waals surface area contributed by atoms with Gasteiger partial charge in [-0.2, -0.15) is 0 Å². The lowest BCUT2D eigenvalue weighted by Gasteiger charge is -2.36. The van der Waals surface area contributed by atoms with Crippen LogP contribution in [0.5, 0.6) is 0 Å².